The third-order valence-corrected chi connectivity index (χ3v) is 4.09. The lowest BCUT2D eigenvalue weighted by Gasteiger charge is -2.22. The van der Waals surface area contributed by atoms with E-state index in [2.05, 4.69) is 10.3 Å². The summed E-state index contributed by atoms with van der Waals surface area (Å²) in [6.07, 6.45) is 0. The van der Waals surface area contributed by atoms with Gasteiger partial charge in [-0.15, -0.1) is 0 Å². The van der Waals surface area contributed by atoms with Crippen LogP contribution in [0.3, 0.4) is 0 Å². The highest BCUT2D eigenvalue weighted by Crippen LogP contribution is 2.39. The summed E-state index contributed by atoms with van der Waals surface area (Å²) in [5.41, 5.74) is -0.116. The molecule has 0 unspecified atom stereocenters. The van der Waals surface area contributed by atoms with Crippen LogP contribution in [0.2, 0.25) is 0 Å². The van der Waals surface area contributed by atoms with E-state index in [-0.39, 0.29) is 12.7 Å². The molecule has 0 atom stereocenters. The molecule has 0 radical (unpaired) electrons. The number of anilines is 1. The lowest BCUT2D eigenvalue weighted by molar-refractivity contribution is -0.136. The van der Waals surface area contributed by atoms with Crippen LogP contribution < -0.4 is 14.8 Å². The lowest BCUT2D eigenvalue weighted by Crippen LogP contribution is -2.39. The van der Waals surface area contributed by atoms with Gasteiger partial charge in [-0.05, 0) is 20.8 Å². The van der Waals surface area contributed by atoms with Gasteiger partial charge in [0, 0.05) is 18.7 Å². The minimum atomic E-state index is -0.888. The first kappa shape index (κ1) is 14.1. The maximum Gasteiger partial charge on any atom is 0.257 e. The Balaban J connectivity index is 1.84. The smallest absolute Gasteiger partial charge is 0.257 e. The Bertz CT molecular complexity index is 655. The highest BCUT2D eigenvalue weighted by atomic mass is 32.1. The van der Waals surface area contributed by atoms with Crippen LogP contribution in [0.15, 0.2) is 12.1 Å². The van der Waals surface area contributed by atoms with Gasteiger partial charge in [0.15, 0.2) is 16.6 Å². The molecule has 2 heterocycles. The van der Waals surface area contributed by atoms with Gasteiger partial charge >= 0.3 is 0 Å². The molecule has 0 saturated heterocycles. The SMILES string of the molecule is CCOC(C)(C)C(=O)Nc1nc2cc3c(cc2s1)OCO3. The van der Waals surface area contributed by atoms with Crippen molar-refractivity contribution in [3.8, 4) is 11.5 Å². The number of thiazole rings is 1. The summed E-state index contributed by atoms with van der Waals surface area (Å²) >= 11 is 1.39. The van der Waals surface area contributed by atoms with Crippen molar-refractivity contribution in [2.75, 3.05) is 18.7 Å². The molecule has 0 bridgehead atoms. The van der Waals surface area contributed by atoms with Gasteiger partial charge in [-0.3, -0.25) is 10.1 Å². The van der Waals surface area contributed by atoms with E-state index in [0.717, 1.165) is 10.2 Å². The Kier molecular flexibility index (Phi) is 3.46. The number of amides is 1. The monoisotopic (exact) mass is 308 g/mol. The third kappa shape index (κ3) is 2.66. The molecule has 0 aliphatic carbocycles. The summed E-state index contributed by atoms with van der Waals surface area (Å²) in [5, 5.41) is 3.33. The van der Waals surface area contributed by atoms with Gasteiger partial charge in [-0.1, -0.05) is 11.3 Å². The number of carbonyl (C=O) groups is 1. The van der Waals surface area contributed by atoms with Crippen LogP contribution >= 0.6 is 11.3 Å². The van der Waals surface area contributed by atoms with Gasteiger partial charge in [-0.2, -0.15) is 0 Å². The zero-order valence-electron chi connectivity index (χ0n) is 12.1. The van der Waals surface area contributed by atoms with Gasteiger partial charge in [0.25, 0.3) is 5.91 Å². The number of nitrogens with one attached hydrogen (secondary N) is 1. The topological polar surface area (TPSA) is 69.7 Å². The molecule has 0 spiro atoms. The molecule has 7 heteroatoms. The van der Waals surface area contributed by atoms with Crippen LogP contribution in [0.5, 0.6) is 11.5 Å². The zero-order chi connectivity index (χ0) is 15.0. The van der Waals surface area contributed by atoms with E-state index >= 15 is 0 Å². The van der Waals surface area contributed by atoms with Crippen molar-refractivity contribution in [3.63, 3.8) is 0 Å². The molecule has 6 nitrogen and oxygen atoms in total. The predicted octanol–water partition coefficient (Wildman–Crippen LogP) is 2.78. The van der Waals surface area contributed by atoms with Crippen LogP contribution in [0, 0.1) is 0 Å². The summed E-state index contributed by atoms with van der Waals surface area (Å²) in [6.45, 7) is 6.03. The fourth-order valence-corrected chi connectivity index (χ4v) is 2.92. The summed E-state index contributed by atoms with van der Waals surface area (Å²) < 4.78 is 17.0. The largest absolute Gasteiger partial charge is 0.454 e. The second-order valence-electron chi connectivity index (χ2n) is 5.09. The Morgan fingerprint density at radius 2 is 2.14 bits per heavy atom. The summed E-state index contributed by atoms with van der Waals surface area (Å²) in [5.74, 6) is 1.17. The number of carbonyl (C=O) groups excluding carboxylic acids is 1. The molecular weight excluding hydrogens is 292 g/mol. The Morgan fingerprint density at radius 1 is 1.43 bits per heavy atom. The van der Waals surface area contributed by atoms with Crippen LogP contribution in [0.25, 0.3) is 10.2 Å². The first-order valence-corrected chi connectivity index (χ1v) is 7.47. The normalized spacial score (nSPS) is 13.7. The molecule has 1 aliphatic heterocycles. The first-order valence-electron chi connectivity index (χ1n) is 6.65. The maximum absolute atomic E-state index is 12.2. The van der Waals surface area contributed by atoms with Crippen LogP contribution in [-0.2, 0) is 9.53 Å². The molecule has 112 valence electrons. The number of hydrogen-bond donors (Lipinski definition) is 1. The number of benzene rings is 1. The van der Waals surface area contributed by atoms with Crippen molar-refractivity contribution < 1.29 is 19.0 Å². The minimum absolute atomic E-state index is 0.219. The molecular formula is C14H16N2O4S. The summed E-state index contributed by atoms with van der Waals surface area (Å²) in [6, 6.07) is 3.69. The Hall–Kier alpha value is -1.86. The van der Waals surface area contributed by atoms with Gasteiger partial charge in [-0.25, -0.2) is 4.98 Å². The molecule has 0 saturated carbocycles. The van der Waals surface area contributed by atoms with Crippen molar-refractivity contribution in [3.05, 3.63) is 12.1 Å². The number of aromatic nitrogens is 1. The van der Waals surface area contributed by atoms with Crippen molar-refractivity contribution in [2.24, 2.45) is 0 Å². The molecule has 1 aliphatic rings. The third-order valence-electron chi connectivity index (χ3n) is 3.16. The van der Waals surface area contributed by atoms with Gasteiger partial charge < -0.3 is 14.2 Å². The molecule has 3 rings (SSSR count). The molecule has 21 heavy (non-hydrogen) atoms. The first-order chi connectivity index (χ1) is 9.99. The maximum atomic E-state index is 12.2. The second kappa shape index (κ2) is 5.16. The van der Waals surface area contributed by atoms with Crippen LogP contribution in [-0.4, -0.2) is 29.9 Å². The predicted molar refractivity (Wildman–Crippen MR) is 80.1 cm³/mol. The number of fused-ring (bicyclic) bond motifs is 2. The average molecular weight is 308 g/mol. The standard InChI is InChI=1S/C14H16N2O4S/c1-4-20-14(2,3)12(17)16-13-15-8-5-9-10(19-7-18-9)6-11(8)21-13/h5-6H,4,7H2,1-3H3,(H,15,16,17). The summed E-state index contributed by atoms with van der Waals surface area (Å²) in [7, 11) is 0. The Labute approximate surface area is 126 Å². The molecule has 0 fully saturated rings. The number of hydrogen-bond acceptors (Lipinski definition) is 6. The van der Waals surface area contributed by atoms with Crippen LogP contribution in [0.4, 0.5) is 5.13 Å². The van der Waals surface area contributed by atoms with Gasteiger partial charge in [0.2, 0.25) is 6.79 Å². The van der Waals surface area contributed by atoms with E-state index < -0.39 is 5.60 Å². The fourth-order valence-electron chi connectivity index (χ4n) is 2.05. The van der Waals surface area contributed by atoms with Crippen molar-refractivity contribution in [2.45, 2.75) is 26.4 Å². The number of nitrogens with zero attached hydrogens (tertiary/aromatic N) is 1. The molecule has 2 aromatic rings. The number of rotatable bonds is 4. The number of ether oxygens (including phenoxy) is 3. The van der Waals surface area contributed by atoms with Gasteiger partial charge in [0.05, 0.1) is 10.2 Å². The molecule has 1 N–H and O–H groups in total. The van der Waals surface area contributed by atoms with E-state index in [1.165, 1.54) is 11.3 Å². The van der Waals surface area contributed by atoms with E-state index in [0.29, 0.717) is 23.2 Å². The van der Waals surface area contributed by atoms with Crippen molar-refractivity contribution >= 4 is 32.6 Å². The average Bonchev–Trinajstić information content (AvgIpc) is 3.00. The van der Waals surface area contributed by atoms with E-state index in [1.807, 2.05) is 19.1 Å². The fraction of sp³-hybridized carbons (Fsp3) is 0.429. The highest BCUT2D eigenvalue weighted by molar-refractivity contribution is 7.22. The van der Waals surface area contributed by atoms with E-state index in [4.69, 9.17) is 14.2 Å². The Morgan fingerprint density at radius 3 is 2.86 bits per heavy atom. The highest BCUT2D eigenvalue weighted by Gasteiger charge is 2.29. The van der Waals surface area contributed by atoms with Crippen LogP contribution in [0.1, 0.15) is 20.8 Å². The summed E-state index contributed by atoms with van der Waals surface area (Å²) in [4.78, 5) is 16.6. The van der Waals surface area contributed by atoms with Crippen molar-refractivity contribution in [1.29, 1.82) is 0 Å². The van der Waals surface area contributed by atoms with Gasteiger partial charge in [0.1, 0.15) is 5.60 Å². The van der Waals surface area contributed by atoms with Crippen molar-refractivity contribution in [1.82, 2.24) is 4.98 Å². The quantitative estimate of drug-likeness (QED) is 0.940. The minimum Gasteiger partial charge on any atom is -0.454 e. The zero-order valence-corrected chi connectivity index (χ0v) is 12.9. The molecule has 1 amide bonds. The second-order valence-corrected chi connectivity index (χ2v) is 6.12. The molecule has 1 aromatic carbocycles. The molecule has 1 aromatic heterocycles. The van der Waals surface area contributed by atoms with E-state index in [1.54, 1.807) is 13.8 Å². The lowest BCUT2D eigenvalue weighted by atomic mass is 10.1. The van der Waals surface area contributed by atoms with E-state index in [9.17, 15) is 4.79 Å².